The molecule has 0 aliphatic heterocycles. The Hall–Kier alpha value is -4.26. The van der Waals surface area contributed by atoms with Crippen molar-refractivity contribution in [3.63, 3.8) is 0 Å². The fourth-order valence-electron chi connectivity index (χ4n) is 5.21. The summed E-state index contributed by atoms with van der Waals surface area (Å²) in [5.41, 5.74) is -0.622. The predicted octanol–water partition coefficient (Wildman–Crippen LogP) is 5.89. The van der Waals surface area contributed by atoms with Crippen LogP contribution in [-0.4, -0.2) is 47.0 Å². The molecule has 0 aliphatic rings. The molecule has 238 valence electrons. The number of carbonyl (C=O) groups excluding carboxylic acids is 1. The van der Waals surface area contributed by atoms with Crippen LogP contribution in [0.25, 0.3) is 16.7 Å². The second-order valence-corrected chi connectivity index (χ2v) is 13.2. The second-order valence-electron chi connectivity index (χ2n) is 10.8. The standard InChI is InChI=1S/C32H32F4N4O4S/c1-4-45(43,44)16-6-8-25(28(41)18-22-17-23(32(34,35)36)11-14-27(22)33)20(2)30-39-29-26(7-5-15-38-29)31(42)40(30)24-12-9-21(10-13-24)19-37-3/h5,7,9-15,17,20,25H,3-4,6,8,16,18-19H2,1-2H3/t20-,25?/m0/s1. The van der Waals surface area contributed by atoms with Crippen molar-refractivity contribution >= 4 is 33.4 Å². The van der Waals surface area contributed by atoms with Crippen molar-refractivity contribution in [2.75, 3.05) is 11.5 Å². The Kier molecular flexibility index (Phi) is 10.3. The number of benzene rings is 2. The minimum atomic E-state index is -4.75. The van der Waals surface area contributed by atoms with Crippen molar-refractivity contribution in [1.82, 2.24) is 14.5 Å². The number of nitrogens with zero attached hydrogens (tertiary/aromatic N) is 4. The monoisotopic (exact) mass is 644 g/mol. The molecule has 2 aromatic carbocycles. The van der Waals surface area contributed by atoms with Gasteiger partial charge in [0.25, 0.3) is 5.56 Å². The summed E-state index contributed by atoms with van der Waals surface area (Å²) in [5.74, 6) is -3.68. The summed E-state index contributed by atoms with van der Waals surface area (Å²) in [6.45, 7) is 6.96. The fraction of sp³-hybridized carbons (Fsp3) is 0.344. The van der Waals surface area contributed by atoms with E-state index in [-0.39, 0.29) is 41.2 Å². The zero-order valence-electron chi connectivity index (χ0n) is 24.7. The second kappa shape index (κ2) is 13.8. The number of alkyl halides is 3. The number of hydrogen-bond acceptors (Lipinski definition) is 7. The smallest absolute Gasteiger partial charge is 0.299 e. The molecular weight excluding hydrogens is 612 g/mol. The Morgan fingerprint density at radius 2 is 1.82 bits per heavy atom. The van der Waals surface area contributed by atoms with E-state index < -0.39 is 62.6 Å². The zero-order chi connectivity index (χ0) is 32.9. The van der Waals surface area contributed by atoms with Gasteiger partial charge >= 0.3 is 6.18 Å². The predicted molar refractivity (Wildman–Crippen MR) is 164 cm³/mol. The molecule has 2 aromatic heterocycles. The highest BCUT2D eigenvalue weighted by atomic mass is 32.2. The van der Waals surface area contributed by atoms with Crippen LogP contribution < -0.4 is 5.56 Å². The third-order valence-corrected chi connectivity index (χ3v) is 9.52. The van der Waals surface area contributed by atoms with Gasteiger partial charge < -0.3 is 0 Å². The molecule has 1 unspecified atom stereocenters. The minimum Gasteiger partial charge on any atom is -0.299 e. The molecule has 0 spiro atoms. The van der Waals surface area contributed by atoms with Gasteiger partial charge in [-0.05, 0) is 73.2 Å². The first-order valence-corrected chi connectivity index (χ1v) is 16.1. The maximum absolute atomic E-state index is 14.7. The zero-order valence-corrected chi connectivity index (χ0v) is 25.5. The molecule has 2 atom stereocenters. The molecule has 45 heavy (non-hydrogen) atoms. The normalized spacial score (nSPS) is 13.5. The Morgan fingerprint density at radius 3 is 2.47 bits per heavy atom. The van der Waals surface area contributed by atoms with Crippen molar-refractivity contribution in [1.29, 1.82) is 0 Å². The first-order chi connectivity index (χ1) is 21.3. The average Bonchev–Trinajstić information content (AvgIpc) is 3.00. The maximum atomic E-state index is 14.7. The lowest BCUT2D eigenvalue weighted by Gasteiger charge is -2.26. The summed E-state index contributed by atoms with van der Waals surface area (Å²) in [6, 6.07) is 11.9. The van der Waals surface area contributed by atoms with Gasteiger partial charge in [-0.3, -0.25) is 19.1 Å². The molecule has 2 heterocycles. The summed E-state index contributed by atoms with van der Waals surface area (Å²) >= 11 is 0. The lowest BCUT2D eigenvalue weighted by Crippen LogP contribution is -2.31. The summed E-state index contributed by atoms with van der Waals surface area (Å²) in [4.78, 5) is 40.4. The van der Waals surface area contributed by atoms with Crippen LogP contribution in [0.15, 0.2) is 70.6 Å². The molecular formula is C32H32F4N4O4S. The molecule has 8 nitrogen and oxygen atoms in total. The number of fused-ring (bicyclic) bond motifs is 1. The number of pyridine rings is 1. The Morgan fingerprint density at radius 1 is 1.11 bits per heavy atom. The first kappa shape index (κ1) is 33.6. The van der Waals surface area contributed by atoms with E-state index in [1.54, 1.807) is 43.3 Å². The van der Waals surface area contributed by atoms with E-state index >= 15 is 0 Å². The summed E-state index contributed by atoms with van der Waals surface area (Å²) < 4.78 is 80.6. The van der Waals surface area contributed by atoms with Crippen LogP contribution in [0.3, 0.4) is 0 Å². The van der Waals surface area contributed by atoms with Crippen molar-refractivity contribution in [3.8, 4) is 5.69 Å². The molecule has 0 radical (unpaired) electrons. The SMILES string of the molecule is C=NCc1ccc(-n2c([C@@H](C)C(CCCS(=O)(=O)CC)C(=O)Cc3cc(C(F)(F)F)ccc3F)nc3ncccc3c2=O)cc1. The quantitative estimate of drug-likeness (QED) is 0.133. The van der Waals surface area contributed by atoms with Gasteiger partial charge in [0, 0.05) is 30.2 Å². The number of ketones is 1. The Bertz CT molecular complexity index is 1870. The van der Waals surface area contributed by atoms with Crippen LogP contribution >= 0.6 is 0 Å². The Labute approximate surface area is 257 Å². The van der Waals surface area contributed by atoms with Crippen LogP contribution in [0.4, 0.5) is 17.6 Å². The third kappa shape index (κ3) is 7.88. The van der Waals surface area contributed by atoms with Crippen LogP contribution in [0.2, 0.25) is 0 Å². The van der Waals surface area contributed by atoms with E-state index in [1.807, 2.05) is 0 Å². The van der Waals surface area contributed by atoms with E-state index in [2.05, 4.69) is 21.7 Å². The van der Waals surface area contributed by atoms with Crippen molar-refractivity contribution < 1.29 is 30.8 Å². The van der Waals surface area contributed by atoms with E-state index in [0.717, 1.165) is 5.56 Å². The van der Waals surface area contributed by atoms with Crippen molar-refractivity contribution in [3.05, 3.63) is 99.5 Å². The molecule has 0 N–H and O–H groups in total. The molecule has 0 aliphatic carbocycles. The molecule has 4 aromatic rings. The number of hydrogen-bond donors (Lipinski definition) is 0. The van der Waals surface area contributed by atoms with E-state index in [1.165, 1.54) is 17.7 Å². The number of aliphatic imine (C=N–C) groups is 1. The van der Waals surface area contributed by atoms with Crippen LogP contribution in [0.5, 0.6) is 0 Å². The van der Waals surface area contributed by atoms with Gasteiger partial charge in [-0.1, -0.05) is 26.0 Å². The fourth-order valence-corrected chi connectivity index (χ4v) is 6.11. The maximum Gasteiger partial charge on any atom is 0.416 e. The van der Waals surface area contributed by atoms with Gasteiger partial charge in [-0.15, -0.1) is 0 Å². The topological polar surface area (TPSA) is 111 Å². The minimum absolute atomic E-state index is 0.000121. The van der Waals surface area contributed by atoms with E-state index in [4.69, 9.17) is 0 Å². The molecule has 0 saturated heterocycles. The molecule has 0 saturated carbocycles. The van der Waals surface area contributed by atoms with Crippen LogP contribution in [-0.2, 0) is 33.8 Å². The highest BCUT2D eigenvalue weighted by molar-refractivity contribution is 7.91. The van der Waals surface area contributed by atoms with Gasteiger partial charge in [-0.25, -0.2) is 22.8 Å². The number of rotatable bonds is 13. The van der Waals surface area contributed by atoms with Gasteiger partial charge in [-0.2, -0.15) is 13.2 Å². The Balaban J connectivity index is 1.82. The van der Waals surface area contributed by atoms with Crippen LogP contribution in [0, 0.1) is 11.7 Å². The van der Waals surface area contributed by atoms with Gasteiger partial charge in [0.05, 0.1) is 28.9 Å². The van der Waals surface area contributed by atoms with Crippen molar-refractivity contribution in [2.45, 2.75) is 51.7 Å². The molecule has 13 heteroatoms. The van der Waals surface area contributed by atoms with Gasteiger partial charge in [0.2, 0.25) is 0 Å². The molecule has 0 amide bonds. The first-order valence-electron chi connectivity index (χ1n) is 14.2. The lowest BCUT2D eigenvalue weighted by atomic mass is 9.83. The highest BCUT2D eigenvalue weighted by Crippen LogP contribution is 2.33. The summed E-state index contributed by atoms with van der Waals surface area (Å²) in [7, 11) is -3.40. The van der Waals surface area contributed by atoms with E-state index in [9.17, 15) is 35.6 Å². The molecule has 0 fully saturated rings. The van der Waals surface area contributed by atoms with E-state index in [0.29, 0.717) is 30.4 Å². The van der Waals surface area contributed by atoms with Gasteiger partial charge in [0.15, 0.2) is 5.65 Å². The number of sulfone groups is 1. The molecule has 0 bridgehead atoms. The number of carbonyl (C=O) groups is 1. The summed E-state index contributed by atoms with van der Waals surface area (Å²) in [5, 5.41) is 0.216. The van der Waals surface area contributed by atoms with Crippen molar-refractivity contribution in [2.24, 2.45) is 10.9 Å². The summed E-state index contributed by atoms with van der Waals surface area (Å²) in [6.07, 6.45) is -3.91. The third-order valence-electron chi connectivity index (χ3n) is 7.73. The lowest BCUT2D eigenvalue weighted by molar-refractivity contribution is -0.137. The number of Topliss-reactive ketones (excluding diaryl/α,β-unsaturated/α-hetero) is 1. The van der Waals surface area contributed by atoms with Crippen LogP contribution in [0.1, 0.15) is 55.1 Å². The number of halogens is 4. The number of aromatic nitrogens is 3. The average molecular weight is 645 g/mol. The molecule has 4 rings (SSSR count). The van der Waals surface area contributed by atoms with Gasteiger partial charge in [0.1, 0.15) is 27.3 Å². The highest BCUT2D eigenvalue weighted by Gasteiger charge is 2.34. The largest absolute Gasteiger partial charge is 0.416 e.